The van der Waals surface area contributed by atoms with Crippen LogP contribution in [0.25, 0.3) is 0 Å². The van der Waals surface area contributed by atoms with Crippen LogP contribution in [0, 0.1) is 0 Å². The van der Waals surface area contributed by atoms with Gasteiger partial charge in [-0.25, -0.2) is 4.79 Å². The van der Waals surface area contributed by atoms with Crippen molar-refractivity contribution in [1.82, 2.24) is 41.3 Å². The van der Waals surface area contributed by atoms with Crippen LogP contribution in [-0.2, 0) is 56.0 Å². The Morgan fingerprint density at radius 3 is 1.70 bits per heavy atom. The number of carboxylic acids is 1. The molecule has 5 rings (SSSR count). The number of aliphatic imine (C=N–C) groups is 1. The Kier molecular flexibility index (Phi) is 22.5. The van der Waals surface area contributed by atoms with Gasteiger partial charge in [-0.1, -0.05) is 60.7 Å². The van der Waals surface area contributed by atoms with E-state index in [2.05, 4.69) is 31.6 Å². The van der Waals surface area contributed by atoms with Crippen molar-refractivity contribution in [2.45, 2.75) is 132 Å². The summed E-state index contributed by atoms with van der Waals surface area (Å²) in [6.45, 7) is -0.160. The van der Waals surface area contributed by atoms with Crippen molar-refractivity contribution in [2.75, 3.05) is 45.9 Å². The lowest BCUT2D eigenvalue weighted by Gasteiger charge is -2.32. The highest BCUT2D eigenvalue weighted by Crippen LogP contribution is 2.26. The number of nitrogens with one attached hydrogen (secondary N) is 5. The fourth-order valence-corrected chi connectivity index (χ4v) is 9.54. The molecule has 3 heterocycles. The molecule has 0 aromatic heterocycles. The Hall–Kier alpha value is -7.18. The number of aliphatic carboxylic acids is 1. The molecule has 0 aliphatic carbocycles. The summed E-state index contributed by atoms with van der Waals surface area (Å²) in [5.41, 5.74) is 23.8. The van der Waals surface area contributed by atoms with Crippen LogP contribution in [-0.4, -0.2) is 178 Å². The Bertz CT molecular complexity index is 2290. The third-order valence-corrected chi connectivity index (χ3v) is 13.4. The zero-order valence-electron chi connectivity index (χ0n) is 41.7. The van der Waals surface area contributed by atoms with E-state index in [0.29, 0.717) is 88.5 Å². The molecule has 0 bridgehead atoms. The van der Waals surface area contributed by atoms with E-state index in [0.717, 1.165) is 0 Å². The minimum Gasteiger partial charge on any atom is -0.480 e. The first-order valence-electron chi connectivity index (χ1n) is 25.3. The molecule has 8 atom stereocenters. The van der Waals surface area contributed by atoms with Gasteiger partial charge in [0.1, 0.15) is 42.3 Å². The number of amides is 8. The van der Waals surface area contributed by atoms with E-state index >= 15 is 0 Å². The average Bonchev–Trinajstić information content (AvgIpc) is 4.20. The van der Waals surface area contributed by atoms with Crippen molar-refractivity contribution < 1.29 is 53.4 Å². The number of nitrogens with zero attached hydrogens (tertiary/aromatic N) is 4. The largest absolute Gasteiger partial charge is 0.480 e. The summed E-state index contributed by atoms with van der Waals surface area (Å²) in [6.07, 6.45) is 4.15. The second-order valence-electron chi connectivity index (χ2n) is 18.8. The zero-order chi connectivity index (χ0) is 53.7. The minimum absolute atomic E-state index is 0.00452. The van der Waals surface area contributed by atoms with Crippen LogP contribution in [0.4, 0.5) is 0 Å². The van der Waals surface area contributed by atoms with E-state index in [4.69, 9.17) is 22.9 Å². The summed E-state index contributed by atoms with van der Waals surface area (Å²) in [5.74, 6) is -6.55. The van der Waals surface area contributed by atoms with Gasteiger partial charge in [0.15, 0.2) is 5.96 Å². The number of guanidine groups is 1. The van der Waals surface area contributed by atoms with Gasteiger partial charge in [0.25, 0.3) is 0 Å². The number of carbonyl (C=O) groups excluding carboxylic acids is 8. The maximum absolute atomic E-state index is 14.1. The maximum atomic E-state index is 14.1. The molecule has 0 unspecified atom stereocenters. The van der Waals surface area contributed by atoms with Crippen molar-refractivity contribution >= 4 is 59.2 Å². The van der Waals surface area contributed by atoms with Gasteiger partial charge in [-0.2, -0.15) is 0 Å². The Balaban J connectivity index is 1.21. The van der Waals surface area contributed by atoms with E-state index in [-0.39, 0.29) is 50.6 Å². The summed E-state index contributed by atoms with van der Waals surface area (Å²) in [5, 5.41) is 33.3. The molecule has 24 nitrogen and oxygen atoms in total. The third-order valence-electron chi connectivity index (χ3n) is 13.4. The topological polar surface area (TPSA) is 380 Å². The van der Waals surface area contributed by atoms with E-state index in [1.54, 1.807) is 60.7 Å². The van der Waals surface area contributed by atoms with Gasteiger partial charge in [0.05, 0.1) is 19.2 Å². The molecular weight excluding hydrogens is 959 g/mol. The molecule has 2 aromatic rings. The molecule has 3 fully saturated rings. The van der Waals surface area contributed by atoms with Gasteiger partial charge in [-0.05, 0) is 88.3 Å². The number of likely N-dealkylation sites (tertiary alicyclic amines) is 3. The van der Waals surface area contributed by atoms with Gasteiger partial charge in [0, 0.05) is 39.0 Å². The first-order valence-corrected chi connectivity index (χ1v) is 25.3. The lowest BCUT2D eigenvalue weighted by Crippen LogP contribution is -2.60. The molecule has 0 spiro atoms. The number of unbranched alkanes of at least 4 members (excludes halogenated alkanes) is 1. The minimum atomic E-state index is -1.57. The lowest BCUT2D eigenvalue weighted by atomic mass is 10.0. The van der Waals surface area contributed by atoms with Crippen LogP contribution in [0.2, 0.25) is 0 Å². The fourth-order valence-electron chi connectivity index (χ4n) is 9.54. The first-order chi connectivity index (χ1) is 35.5. The van der Waals surface area contributed by atoms with Gasteiger partial charge in [0.2, 0.25) is 47.3 Å². The Morgan fingerprint density at radius 1 is 0.622 bits per heavy atom. The summed E-state index contributed by atoms with van der Waals surface area (Å²) >= 11 is 0. The van der Waals surface area contributed by atoms with Crippen molar-refractivity contribution in [3.05, 3.63) is 71.8 Å². The molecule has 3 aliphatic heterocycles. The number of nitrogens with two attached hydrogens (primary N) is 4. The number of aliphatic hydroxyl groups excluding tert-OH is 1. The second-order valence-corrected chi connectivity index (χ2v) is 18.8. The van der Waals surface area contributed by atoms with Crippen LogP contribution in [0.1, 0.15) is 81.8 Å². The van der Waals surface area contributed by atoms with Crippen LogP contribution < -0.4 is 49.5 Å². The first kappa shape index (κ1) is 57.7. The molecule has 3 aliphatic rings. The number of hydrogen-bond donors (Lipinski definition) is 11. The smallest absolute Gasteiger partial charge is 0.326 e. The third kappa shape index (κ3) is 16.7. The van der Waals surface area contributed by atoms with E-state index in [1.807, 2.05) is 0 Å². The van der Waals surface area contributed by atoms with Gasteiger partial charge >= 0.3 is 5.97 Å². The van der Waals surface area contributed by atoms with Crippen molar-refractivity contribution in [1.29, 1.82) is 0 Å². The Labute approximate surface area is 430 Å². The standard InChI is InChI=1S/C50H73N13O11/c51-22-8-7-18-34(49(73)74)58-43(67)36(28-32-15-5-2-6-16-32)59-45(69)39-20-11-24-61(39)47(71)37(30-64)60-42(66)35(27-31-13-3-1-4-14-31)57-41(65)29-56-44(68)38-19-10-25-62(38)48(72)40-21-12-26-63(40)46(70)33(52)17-9-23-55-50(53)54/h1-6,13-16,33-40,64H,7-12,17-30,51-52H2,(H,56,68)(H,57,65)(H,58,67)(H,59,69)(H,60,66)(H,73,74)(H4,53,54,55)/t33-,34-,35-,36-,37-,38-,39-,40-/m0/s1. The predicted molar refractivity (Wildman–Crippen MR) is 271 cm³/mol. The SMILES string of the molecule is NCCCC[C@H](NC(=O)[C@H](Cc1ccccc1)NC(=O)[C@@H]1CCCN1C(=O)[C@H](CO)NC(=O)[C@H](Cc1ccccc1)NC(=O)CNC(=O)[C@@H]1CCCN1C(=O)[C@@H]1CCCN1C(=O)[C@@H](N)CCCN=C(N)N)C(=O)O. The second kappa shape index (κ2) is 28.9. The van der Waals surface area contributed by atoms with Crippen molar-refractivity contribution in [2.24, 2.45) is 27.9 Å². The number of benzene rings is 2. The molecule has 404 valence electrons. The molecule has 0 saturated carbocycles. The van der Waals surface area contributed by atoms with Gasteiger partial charge < -0.3 is 74.4 Å². The number of carboxylic acid groups (broad SMARTS) is 1. The highest BCUT2D eigenvalue weighted by atomic mass is 16.4. The molecule has 24 heteroatoms. The summed E-state index contributed by atoms with van der Waals surface area (Å²) in [6, 6.07) is 8.35. The summed E-state index contributed by atoms with van der Waals surface area (Å²) < 4.78 is 0. The Morgan fingerprint density at radius 2 is 1.15 bits per heavy atom. The monoisotopic (exact) mass is 1030 g/mol. The molecule has 15 N–H and O–H groups in total. The quantitative estimate of drug-likeness (QED) is 0.0243. The van der Waals surface area contributed by atoms with Crippen LogP contribution in [0.15, 0.2) is 65.7 Å². The molecule has 74 heavy (non-hydrogen) atoms. The summed E-state index contributed by atoms with van der Waals surface area (Å²) in [7, 11) is 0. The fraction of sp³-hybridized carbons (Fsp3) is 0.560. The van der Waals surface area contributed by atoms with Gasteiger partial charge in [-0.3, -0.25) is 43.3 Å². The number of carbonyl (C=O) groups is 9. The van der Waals surface area contributed by atoms with E-state index in [9.17, 15) is 53.4 Å². The number of hydrogen-bond acceptors (Lipinski definition) is 13. The van der Waals surface area contributed by atoms with Crippen molar-refractivity contribution in [3.8, 4) is 0 Å². The van der Waals surface area contributed by atoms with E-state index in [1.165, 1.54) is 14.7 Å². The molecule has 0 radical (unpaired) electrons. The number of aliphatic hydroxyl groups is 1. The lowest BCUT2D eigenvalue weighted by molar-refractivity contribution is -0.147. The highest BCUT2D eigenvalue weighted by Gasteiger charge is 2.44. The van der Waals surface area contributed by atoms with Gasteiger partial charge in [-0.15, -0.1) is 0 Å². The normalized spacial score (nSPS) is 19.3. The zero-order valence-corrected chi connectivity index (χ0v) is 41.7. The summed E-state index contributed by atoms with van der Waals surface area (Å²) in [4.78, 5) is 130. The van der Waals surface area contributed by atoms with Crippen LogP contribution in [0.3, 0.4) is 0 Å². The molecule has 3 saturated heterocycles. The predicted octanol–water partition coefficient (Wildman–Crippen LogP) is -2.91. The average molecular weight is 1030 g/mol. The number of rotatable bonds is 27. The molecule has 2 aromatic carbocycles. The molecule has 8 amide bonds. The van der Waals surface area contributed by atoms with Crippen LogP contribution >= 0.6 is 0 Å². The van der Waals surface area contributed by atoms with Crippen LogP contribution in [0.5, 0.6) is 0 Å². The highest BCUT2D eigenvalue weighted by molar-refractivity contribution is 5.98. The van der Waals surface area contributed by atoms with E-state index < -0.39 is 109 Å². The maximum Gasteiger partial charge on any atom is 0.326 e. The van der Waals surface area contributed by atoms with Crippen molar-refractivity contribution in [3.63, 3.8) is 0 Å². The molecular formula is C50H73N13O11.